The normalized spacial score (nSPS) is 14.8. The van der Waals surface area contributed by atoms with Crippen LogP contribution in [0.1, 0.15) is 37.4 Å². The van der Waals surface area contributed by atoms with E-state index in [1.807, 2.05) is 39.0 Å². The fourth-order valence-electron chi connectivity index (χ4n) is 3.84. The molecule has 6 nitrogen and oxygen atoms in total. The summed E-state index contributed by atoms with van der Waals surface area (Å²) in [4.78, 5) is 13.1. The molecular formula is C25H31Cl2FN4O2. The van der Waals surface area contributed by atoms with E-state index in [2.05, 4.69) is 11.7 Å². The Kier molecular flexibility index (Phi) is 10.4. The van der Waals surface area contributed by atoms with Crippen molar-refractivity contribution in [2.45, 2.75) is 39.7 Å². The highest BCUT2D eigenvalue weighted by atomic mass is 35.5. The Hall–Kier alpha value is -2.61. The molecule has 1 aliphatic heterocycles. The summed E-state index contributed by atoms with van der Waals surface area (Å²) >= 11 is 11.9. The number of amides is 1. The van der Waals surface area contributed by atoms with E-state index < -0.39 is 0 Å². The van der Waals surface area contributed by atoms with E-state index in [4.69, 9.17) is 34.0 Å². The van der Waals surface area contributed by atoms with Gasteiger partial charge in [0.2, 0.25) is 5.91 Å². The largest absolute Gasteiger partial charge is 0.399 e. The van der Waals surface area contributed by atoms with Gasteiger partial charge in [-0.25, -0.2) is 4.39 Å². The van der Waals surface area contributed by atoms with Crippen LogP contribution in [-0.2, 0) is 11.3 Å². The van der Waals surface area contributed by atoms with Crippen LogP contribution in [0.2, 0.25) is 10.0 Å². The first kappa shape index (κ1) is 27.6. The van der Waals surface area contributed by atoms with Crippen molar-refractivity contribution in [2.75, 3.05) is 25.4 Å². The molecule has 0 spiro atoms. The number of nitrogen functional groups attached to an aromatic ring is 1. The van der Waals surface area contributed by atoms with Crippen molar-refractivity contribution in [3.8, 4) is 0 Å². The third-order valence-electron chi connectivity index (χ3n) is 5.50. The number of halogens is 3. The minimum Gasteiger partial charge on any atom is -0.399 e. The Morgan fingerprint density at radius 3 is 2.68 bits per heavy atom. The number of aliphatic hydroxyl groups is 1. The molecule has 3 N–H and O–H groups in total. The van der Waals surface area contributed by atoms with E-state index in [0.29, 0.717) is 42.3 Å². The van der Waals surface area contributed by atoms with Gasteiger partial charge in [0.05, 0.1) is 28.7 Å². The smallest absolute Gasteiger partial charge is 0.245 e. The minimum atomic E-state index is -0.373. The van der Waals surface area contributed by atoms with Gasteiger partial charge in [0, 0.05) is 41.3 Å². The van der Waals surface area contributed by atoms with Crippen LogP contribution in [0.3, 0.4) is 0 Å². The highest BCUT2D eigenvalue weighted by Crippen LogP contribution is 2.37. The summed E-state index contributed by atoms with van der Waals surface area (Å²) in [5.41, 5.74) is 8.73. The molecular weight excluding hydrogens is 478 g/mol. The molecule has 1 saturated heterocycles. The zero-order valence-electron chi connectivity index (χ0n) is 19.7. The minimum absolute atomic E-state index is 0.101. The number of anilines is 1. The number of carbonyl (C=O) groups is 1. The lowest BCUT2D eigenvalue weighted by Crippen LogP contribution is -2.26. The molecule has 1 aromatic heterocycles. The van der Waals surface area contributed by atoms with Gasteiger partial charge in [-0.15, -0.1) is 0 Å². The molecule has 184 valence electrons. The van der Waals surface area contributed by atoms with Gasteiger partial charge < -0.3 is 15.7 Å². The molecule has 1 aliphatic rings. The first-order valence-corrected chi connectivity index (χ1v) is 11.9. The third-order valence-corrected chi connectivity index (χ3v) is 6.32. The van der Waals surface area contributed by atoms with Crippen LogP contribution in [0, 0.1) is 12.7 Å². The highest BCUT2D eigenvalue weighted by Gasteiger charge is 2.30. The number of nitrogens with two attached hydrogens (primary N) is 1. The number of aromatic nitrogens is 2. The topological polar surface area (TPSA) is 84.4 Å². The third kappa shape index (κ3) is 6.29. The van der Waals surface area contributed by atoms with E-state index in [0.717, 1.165) is 16.6 Å². The number of hydrogen-bond donors (Lipinski definition) is 2. The van der Waals surface area contributed by atoms with Crippen molar-refractivity contribution in [3.63, 3.8) is 0 Å². The van der Waals surface area contributed by atoms with Crippen LogP contribution in [-0.4, -0.2) is 45.4 Å². The fourth-order valence-corrected chi connectivity index (χ4v) is 4.31. The second-order valence-corrected chi connectivity index (χ2v) is 8.32. The van der Waals surface area contributed by atoms with Crippen LogP contribution >= 0.6 is 23.2 Å². The summed E-state index contributed by atoms with van der Waals surface area (Å²) in [6, 6.07) is 8.41. The molecule has 1 unspecified atom stereocenters. The van der Waals surface area contributed by atoms with Crippen LogP contribution < -0.4 is 5.73 Å². The predicted molar refractivity (Wildman–Crippen MR) is 138 cm³/mol. The van der Waals surface area contributed by atoms with Gasteiger partial charge in [0.15, 0.2) is 0 Å². The van der Waals surface area contributed by atoms with Crippen molar-refractivity contribution in [3.05, 3.63) is 70.1 Å². The number of benzene rings is 2. The summed E-state index contributed by atoms with van der Waals surface area (Å²) in [5.74, 6) is -0.626. The van der Waals surface area contributed by atoms with E-state index in [1.54, 1.807) is 9.58 Å². The molecule has 0 saturated carbocycles. The SMILES string of the molecule is C=CC(=O)N1CCC(c2c(F)ccc(Cl)c2Cl)C1.CC.Cc1c2ccc(N)cc2nn1CCO. The van der Waals surface area contributed by atoms with Gasteiger partial charge in [-0.3, -0.25) is 9.48 Å². The van der Waals surface area contributed by atoms with Gasteiger partial charge in [-0.2, -0.15) is 5.10 Å². The number of carbonyl (C=O) groups excluding carboxylic acids is 1. The zero-order chi connectivity index (χ0) is 25.4. The molecule has 0 bridgehead atoms. The van der Waals surface area contributed by atoms with Crippen molar-refractivity contribution in [1.82, 2.24) is 14.7 Å². The fraction of sp³-hybridized carbons (Fsp3) is 0.360. The van der Waals surface area contributed by atoms with Crippen LogP contribution in [0.5, 0.6) is 0 Å². The standard InChI is InChI=1S/C13H12Cl2FNO.C10H13N3O.C2H6/c1-2-11(18)17-6-5-8(7-17)12-10(16)4-3-9(14)13(12)15;1-7-9-3-2-8(11)6-10(9)12-13(7)4-5-14;1-2/h2-4,8H,1,5-7H2;2-3,6,14H,4-5,11H2,1H3;1-2H3. The van der Waals surface area contributed by atoms with Crippen molar-refractivity contribution in [1.29, 1.82) is 0 Å². The van der Waals surface area contributed by atoms with E-state index in [-0.39, 0.29) is 29.3 Å². The summed E-state index contributed by atoms with van der Waals surface area (Å²) in [5, 5.41) is 14.8. The number of likely N-dealkylation sites (tertiary alicyclic amines) is 1. The maximum Gasteiger partial charge on any atom is 0.245 e. The summed E-state index contributed by atoms with van der Waals surface area (Å²) in [7, 11) is 0. The Labute approximate surface area is 209 Å². The van der Waals surface area contributed by atoms with Crippen LogP contribution in [0.15, 0.2) is 43.0 Å². The number of nitrogens with zero attached hydrogens (tertiary/aromatic N) is 3. The highest BCUT2D eigenvalue weighted by molar-refractivity contribution is 6.42. The Bertz CT molecular complexity index is 1150. The molecule has 0 aliphatic carbocycles. The summed E-state index contributed by atoms with van der Waals surface area (Å²) in [6.45, 7) is 11.1. The summed E-state index contributed by atoms with van der Waals surface area (Å²) < 4.78 is 15.6. The second kappa shape index (κ2) is 12.7. The van der Waals surface area contributed by atoms with Gasteiger partial charge in [0.25, 0.3) is 0 Å². The lowest BCUT2D eigenvalue weighted by atomic mass is 9.98. The molecule has 1 atom stereocenters. The molecule has 2 aromatic carbocycles. The van der Waals surface area contributed by atoms with Gasteiger partial charge in [-0.05, 0) is 49.8 Å². The molecule has 34 heavy (non-hydrogen) atoms. The first-order valence-electron chi connectivity index (χ1n) is 11.1. The number of fused-ring (bicyclic) bond motifs is 1. The first-order chi connectivity index (χ1) is 16.3. The van der Waals surface area contributed by atoms with Gasteiger partial charge >= 0.3 is 0 Å². The van der Waals surface area contributed by atoms with Crippen molar-refractivity contribution >= 4 is 45.7 Å². The van der Waals surface area contributed by atoms with Crippen molar-refractivity contribution < 1.29 is 14.3 Å². The molecule has 2 heterocycles. The second-order valence-electron chi connectivity index (χ2n) is 7.54. The lowest BCUT2D eigenvalue weighted by Gasteiger charge is -2.16. The number of hydrogen-bond acceptors (Lipinski definition) is 4. The lowest BCUT2D eigenvalue weighted by molar-refractivity contribution is -0.125. The van der Waals surface area contributed by atoms with E-state index in [1.165, 1.54) is 18.2 Å². The number of rotatable bonds is 4. The average Bonchev–Trinajstić information content (AvgIpc) is 3.43. The molecule has 1 fully saturated rings. The Morgan fingerprint density at radius 1 is 1.32 bits per heavy atom. The maximum absolute atomic E-state index is 13.8. The van der Waals surface area contributed by atoms with Crippen LogP contribution in [0.25, 0.3) is 10.9 Å². The Morgan fingerprint density at radius 2 is 2.03 bits per heavy atom. The average molecular weight is 509 g/mol. The van der Waals surface area contributed by atoms with E-state index in [9.17, 15) is 9.18 Å². The van der Waals surface area contributed by atoms with E-state index >= 15 is 0 Å². The predicted octanol–water partition coefficient (Wildman–Crippen LogP) is 5.58. The van der Waals surface area contributed by atoms with Gasteiger partial charge in [0.1, 0.15) is 5.82 Å². The maximum atomic E-state index is 13.8. The molecule has 9 heteroatoms. The number of aliphatic hydroxyl groups excluding tert-OH is 1. The number of aryl methyl sites for hydroxylation is 1. The Balaban J connectivity index is 0.000000230. The molecule has 0 radical (unpaired) electrons. The molecule has 3 aromatic rings. The van der Waals surface area contributed by atoms with Gasteiger partial charge in [-0.1, -0.05) is 43.6 Å². The monoisotopic (exact) mass is 508 g/mol. The molecule has 4 rings (SSSR count). The van der Waals surface area contributed by atoms with Crippen LogP contribution in [0.4, 0.5) is 10.1 Å². The summed E-state index contributed by atoms with van der Waals surface area (Å²) in [6.07, 6.45) is 1.94. The van der Waals surface area contributed by atoms with Crippen molar-refractivity contribution in [2.24, 2.45) is 0 Å². The quantitative estimate of drug-likeness (QED) is 0.273. The zero-order valence-corrected chi connectivity index (χ0v) is 21.2. The molecule has 1 amide bonds.